The maximum absolute atomic E-state index is 10.5. The largest absolute Gasteiger partial charge is 0.397 e. The highest BCUT2D eigenvalue weighted by Crippen LogP contribution is 2.27. The van der Waals surface area contributed by atoms with E-state index in [1.54, 1.807) is 0 Å². The maximum atomic E-state index is 10.5. The number of aliphatic hydroxyl groups excluding tert-OH is 3. The standard InChI is InChI=1S/C6H12O10S2/c7-1-2-4(15-17-10)3(8)5(6(9)14-2)16-18(11,12)13/h2-10H,1H2,(H,11,12,13)/t2-,3+,4-,5-,6+/m1/s1. The van der Waals surface area contributed by atoms with Crippen molar-refractivity contribution < 1.29 is 45.9 Å². The summed E-state index contributed by atoms with van der Waals surface area (Å²) in [4.78, 5) is 0. The molecule has 0 aromatic heterocycles. The number of rotatable bonds is 5. The molecule has 0 aromatic rings. The summed E-state index contributed by atoms with van der Waals surface area (Å²) >= 11 is -0.148. The highest BCUT2D eigenvalue weighted by molar-refractivity contribution is 7.88. The lowest BCUT2D eigenvalue weighted by atomic mass is 9.99. The quantitative estimate of drug-likeness (QED) is 0.275. The second kappa shape index (κ2) is 6.42. The first-order valence-corrected chi connectivity index (χ1v) is 6.61. The fourth-order valence-electron chi connectivity index (χ4n) is 1.47. The van der Waals surface area contributed by atoms with E-state index in [-0.39, 0.29) is 12.3 Å². The summed E-state index contributed by atoms with van der Waals surface area (Å²) < 4.78 is 51.3. The molecule has 0 saturated carbocycles. The lowest BCUT2D eigenvalue weighted by molar-refractivity contribution is -0.274. The Hall–Kier alpha value is -0.0200. The SMILES string of the molecule is O=S(=O)(O)O[C@@H]1[C@@H](O)[C@H](OSO)[C@@H](CO)O[C@@H]1O. The van der Waals surface area contributed by atoms with Crippen molar-refractivity contribution in [2.24, 2.45) is 0 Å². The van der Waals surface area contributed by atoms with Crippen LogP contribution in [0.25, 0.3) is 0 Å². The van der Waals surface area contributed by atoms with E-state index in [9.17, 15) is 18.6 Å². The topological polar surface area (TPSA) is 163 Å². The van der Waals surface area contributed by atoms with Crippen molar-refractivity contribution in [3.63, 3.8) is 0 Å². The van der Waals surface area contributed by atoms with Crippen molar-refractivity contribution in [3.05, 3.63) is 0 Å². The average molecular weight is 308 g/mol. The first-order chi connectivity index (χ1) is 8.30. The highest BCUT2D eigenvalue weighted by atomic mass is 32.3. The van der Waals surface area contributed by atoms with Crippen molar-refractivity contribution in [3.8, 4) is 0 Å². The van der Waals surface area contributed by atoms with Gasteiger partial charge in [-0.25, -0.2) is 4.18 Å². The molecule has 12 heteroatoms. The molecule has 5 N–H and O–H groups in total. The summed E-state index contributed by atoms with van der Waals surface area (Å²) in [5.74, 6) is 0. The van der Waals surface area contributed by atoms with Gasteiger partial charge < -0.3 is 24.6 Å². The van der Waals surface area contributed by atoms with Gasteiger partial charge in [0.25, 0.3) is 0 Å². The van der Waals surface area contributed by atoms with Crippen LogP contribution in [0.2, 0.25) is 0 Å². The van der Waals surface area contributed by atoms with Crippen LogP contribution in [-0.4, -0.2) is 70.2 Å². The smallest absolute Gasteiger partial charge is 0.394 e. The molecule has 0 aromatic carbocycles. The van der Waals surface area contributed by atoms with Crippen LogP contribution in [0.4, 0.5) is 0 Å². The Morgan fingerprint density at radius 3 is 2.33 bits per heavy atom. The van der Waals surface area contributed by atoms with E-state index in [4.69, 9.17) is 18.9 Å². The summed E-state index contributed by atoms with van der Waals surface area (Å²) in [5, 5.41) is 28.0. The fourth-order valence-corrected chi connectivity index (χ4v) is 2.30. The van der Waals surface area contributed by atoms with Gasteiger partial charge in [0.2, 0.25) is 0 Å². The summed E-state index contributed by atoms with van der Waals surface area (Å²) in [6.45, 7) is -0.669. The van der Waals surface area contributed by atoms with Gasteiger partial charge in [0.15, 0.2) is 24.7 Å². The molecule has 10 nitrogen and oxygen atoms in total. The Kier molecular flexibility index (Phi) is 5.72. The van der Waals surface area contributed by atoms with Crippen molar-refractivity contribution in [1.82, 2.24) is 0 Å². The van der Waals surface area contributed by atoms with Crippen LogP contribution in [0.15, 0.2) is 0 Å². The van der Waals surface area contributed by atoms with Crippen LogP contribution in [0, 0.1) is 0 Å². The van der Waals surface area contributed by atoms with Crippen molar-refractivity contribution in [2.45, 2.75) is 30.7 Å². The van der Waals surface area contributed by atoms with Crippen molar-refractivity contribution >= 4 is 22.7 Å². The molecule has 1 fully saturated rings. The summed E-state index contributed by atoms with van der Waals surface area (Å²) in [7, 11) is -4.94. The van der Waals surface area contributed by atoms with Gasteiger partial charge in [-0.1, -0.05) is 0 Å². The van der Waals surface area contributed by atoms with Gasteiger partial charge in [-0.3, -0.25) is 8.74 Å². The molecule has 0 bridgehead atoms. The molecule has 0 unspecified atom stereocenters. The zero-order chi connectivity index (χ0) is 13.9. The Morgan fingerprint density at radius 2 is 1.89 bits per heavy atom. The molecule has 5 atom stereocenters. The first-order valence-electron chi connectivity index (χ1n) is 4.55. The molecule has 1 aliphatic heterocycles. The summed E-state index contributed by atoms with van der Waals surface area (Å²) in [6.07, 6.45) is -8.13. The van der Waals surface area contributed by atoms with Gasteiger partial charge in [-0.2, -0.15) is 8.42 Å². The van der Waals surface area contributed by atoms with Gasteiger partial charge in [0, 0.05) is 0 Å². The lowest BCUT2D eigenvalue weighted by Crippen LogP contribution is -2.60. The predicted octanol–water partition coefficient (Wildman–Crippen LogP) is -2.25. The molecule has 18 heavy (non-hydrogen) atoms. The number of aliphatic hydroxyl groups is 3. The Balaban J connectivity index is 2.86. The van der Waals surface area contributed by atoms with E-state index in [1.807, 2.05) is 0 Å². The van der Waals surface area contributed by atoms with Gasteiger partial charge in [-0.05, 0) is 0 Å². The summed E-state index contributed by atoms with van der Waals surface area (Å²) in [6, 6.07) is 0. The zero-order valence-corrected chi connectivity index (χ0v) is 10.3. The molecular formula is C6H12O10S2. The van der Waals surface area contributed by atoms with E-state index in [2.05, 4.69) is 8.37 Å². The number of hydrogen-bond donors (Lipinski definition) is 5. The van der Waals surface area contributed by atoms with E-state index in [0.29, 0.717) is 0 Å². The molecular weight excluding hydrogens is 296 g/mol. The lowest BCUT2D eigenvalue weighted by Gasteiger charge is -2.39. The zero-order valence-electron chi connectivity index (χ0n) is 8.69. The van der Waals surface area contributed by atoms with Gasteiger partial charge in [-0.15, -0.1) is 0 Å². The van der Waals surface area contributed by atoms with Crippen LogP contribution in [0.3, 0.4) is 0 Å². The minimum Gasteiger partial charge on any atom is -0.394 e. The molecule has 1 rings (SSSR count). The highest BCUT2D eigenvalue weighted by Gasteiger charge is 2.48. The minimum absolute atomic E-state index is 0.148. The predicted molar refractivity (Wildman–Crippen MR) is 55.5 cm³/mol. The van der Waals surface area contributed by atoms with Gasteiger partial charge >= 0.3 is 10.4 Å². The molecule has 0 amide bonds. The van der Waals surface area contributed by atoms with E-state index in [0.717, 1.165) is 0 Å². The molecule has 0 spiro atoms. The Bertz CT molecular complexity index is 357. The monoisotopic (exact) mass is 308 g/mol. The third-order valence-electron chi connectivity index (χ3n) is 2.20. The molecule has 1 saturated heterocycles. The van der Waals surface area contributed by atoms with Crippen LogP contribution in [0.1, 0.15) is 0 Å². The Morgan fingerprint density at radius 1 is 1.28 bits per heavy atom. The molecule has 108 valence electrons. The van der Waals surface area contributed by atoms with Crippen LogP contribution < -0.4 is 0 Å². The van der Waals surface area contributed by atoms with Crippen LogP contribution >= 0.6 is 12.3 Å². The molecule has 0 aliphatic carbocycles. The van der Waals surface area contributed by atoms with Crippen LogP contribution in [0.5, 0.6) is 0 Å². The number of hydrogen-bond acceptors (Lipinski definition) is 10. The number of ether oxygens (including phenoxy) is 1. The third-order valence-corrected chi connectivity index (χ3v) is 2.98. The van der Waals surface area contributed by atoms with Crippen molar-refractivity contribution in [2.75, 3.05) is 6.61 Å². The molecule has 0 radical (unpaired) electrons. The molecule has 1 heterocycles. The van der Waals surface area contributed by atoms with Crippen molar-refractivity contribution in [1.29, 1.82) is 0 Å². The summed E-state index contributed by atoms with van der Waals surface area (Å²) in [5.41, 5.74) is 0. The van der Waals surface area contributed by atoms with E-state index >= 15 is 0 Å². The van der Waals surface area contributed by atoms with Gasteiger partial charge in [0.1, 0.15) is 18.3 Å². The maximum Gasteiger partial charge on any atom is 0.397 e. The second-order valence-electron chi connectivity index (χ2n) is 3.36. The molecule has 1 aliphatic rings. The Labute approximate surface area is 106 Å². The van der Waals surface area contributed by atoms with E-state index < -0.39 is 47.7 Å². The van der Waals surface area contributed by atoms with Gasteiger partial charge in [0.05, 0.1) is 6.61 Å². The second-order valence-corrected chi connectivity index (χ2v) is 4.75. The fraction of sp³-hybridized carbons (Fsp3) is 1.00. The normalized spacial score (nSPS) is 37.7. The third kappa shape index (κ3) is 3.99. The minimum atomic E-state index is -4.94. The first kappa shape index (κ1) is 16.0. The van der Waals surface area contributed by atoms with Crippen LogP contribution in [-0.2, 0) is 23.5 Å². The average Bonchev–Trinajstić information content (AvgIpc) is 2.26. The van der Waals surface area contributed by atoms with E-state index in [1.165, 1.54) is 0 Å².